The van der Waals surface area contributed by atoms with Crippen molar-refractivity contribution in [3.8, 4) is 0 Å². The number of benzene rings is 1. The third-order valence-corrected chi connectivity index (χ3v) is 7.05. The molecule has 1 aliphatic carbocycles. The molecule has 1 aromatic heterocycles. The second-order valence-corrected chi connectivity index (χ2v) is 9.58. The van der Waals surface area contributed by atoms with Crippen molar-refractivity contribution in [1.82, 2.24) is 9.88 Å². The van der Waals surface area contributed by atoms with Gasteiger partial charge in [0.1, 0.15) is 11.4 Å². The van der Waals surface area contributed by atoms with Crippen molar-refractivity contribution in [1.29, 1.82) is 0 Å². The fourth-order valence-corrected chi connectivity index (χ4v) is 4.69. The predicted octanol–water partition coefficient (Wildman–Crippen LogP) is 3.73. The van der Waals surface area contributed by atoms with Crippen molar-refractivity contribution in [3.05, 3.63) is 58.1 Å². The summed E-state index contributed by atoms with van der Waals surface area (Å²) in [5.74, 6) is -0.156. The Kier molecular flexibility index (Phi) is 5.20. The molecule has 1 unspecified atom stereocenters. The van der Waals surface area contributed by atoms with Gasteiger partial charge < -0.3 is 11.1 Å². The van der Waals surface area contributed by atoms with Crippen LogP contribution in [0.2, 0.25) is 5.02 Å². The fraction of sp³-hybridized carbons (Fsp3) is 0.435. The molecule has 2 atom stereocenters. The Balaban J connectivity index is 1.57. The van der Waals surface area contributed by atoms with Crippen LogP contribution in [-0.4, -0.2) is 35.3 Å². The fourth-order valence-electron chi connectivity index (χ4n) is 4.51. The number of hydrogen-bond donors (Lipinski definition) is 2. The number of aliphatic imine (C=N–C) groups is 1. The van der Waals surface area contributed by atoms with E-state index >= 15 is 0 Å². The molecule has 0 spiro atoms. The summed E-state index contributed by atoms with van der Waals surface area (Å²) in [6.07, 6.45) is 3.45. The number of guanidine groups is 1. The van der Waals surface area contributed by atoms with Crippen molar-refractivity contribution in [2.75, 3.05) is 18.9 Å². The monoisotopic (exact) mass is 443 g/mol. The zero-order valence-electron chi connectivity index (χ0n) is 18.2. The summed E-state index contributed by atoms with van der Waals surface area (Å²) in [7, 11) is 1.58. The SMILES string of the molecule is CN1C(=O)C(C)(C)[C@@](C)(c2cc(NCC3Cc4cc(Cl)cnc4C3)ccc2F)N=C1N. The minimum absolute atomic E-state index is 0.0828. The molecule has 4 rings (SSSR count). The zero-order valence-corrected chi connectivity index (χ0v) is 18.9. The van der Waals surface area contributed by atoms with E-state index in [1.807, 2.05) is 6.07 Å². The normalized spacial score (nSPS) is 24.7. The number of halogens is 2. The van der Waals surface area contributed by atoms with Crippen molar-refractivity contribution in [2.24, 2.45) is 22.1 Å². The van der Waals surface area contributed by atoms with E-state index in [2.05, 4.69) is 15.3 Å². The molecule has 2 heterocycles. The Morgan fingerprint density at radius 1 is 1.29 bits per heavy atom. The Hall–Kier alpha value is -2.67. The number of nitrogens with zero attached hydrogens (tertiary/aromatic N) is 3. The van der Waals surface area contributed by atoms with E-state index in [4.69, 9.17) is 17.3 Å². The number of nitrogens with two attached hydrogens (primary N) is 1. The van der Waals surface area contributed by atoms with Crippen LogP contribution in [0.3, 0.4) is 0 Å². The van der Waals surface area contributed by atoms with E-state index in [1.54, 1.807) is 46.1 Å². The number of hydrogen-bond acceptors (Lipinski definition) is 5. The predicted molar refractivity (Wildman–Crippen MR) is 121 cm³/mol. The van der Waals surface area contributed by atoms with E-state index in [0.717, 1.165) is 24.2 Å². The van der Waals surface area contributed by atoms with E-state index in [-0.39, 0.29) is 11.9 Å². The summed E-state index contributed by atoms with van der Waals surface area (Å²) in [4.78, 5) is 23.2. The second-order valence-electron chi connectivity index (χ2n) is 9.14. The number of carbonyl (C=O) groups is 1. The number of carbonyl (C=O) groups excluding carboxylic acids is 1. The molecular weight excluding hydrogens is 417 g/mol. The summed E-state index contributed by atoms with van der Waals surface area (Å²) in [6.45, 7) is 6.02. The summed E-state index contributed by atoms with van der Waals surface area (Å²) in [6, 6.07) is 6.83. The number of aromatic nitrogens is 1. The van der Waals surface area contributed by atoms with E-state index in [1.165, 1.54) is 16.5 Å². The molecule has 0 bridgehead atoms. The first-order valence-electron chi connectivity index (χ1n) is 10.3. The highest BCUT2D eigenvalue weighted by atomic mass is 35.5. The van der Waals surface area contributed by atoms with Crippen LogP contribution in [0.15, 0.2) is 35.5 Å². The highest BCUT2D eigenvalue weighted by Crippen LogP contribution is 2.47. The van der Waals surface area contributed by atoms with Crippen LogP contribution in [-0.2, 0) is 23.2 Å². The van der Waals surface area contributed by atoms with Gasteiger partial charge in [0.25, 0.3) is 0 Å². The van der Waals surface area contributed by atoms with Gasteiger partial charge in [0, 0.05) is 36.7 Å². The van der Waals surface area contributed by atoms with Gasteiger partial charge in [0.05, 0.1) is 10.4 Å². The van der Waals surface area contributed by atoms with Gasteiger partial charge in [0.15, 0.2) is 5.96 Å². The lowest BCUT2D eigenvalue weighted by Crippen LogP contribution is -2.58. The summed E-state index contributed by atoms with van der Waals surface area (Å²) < 4.78 is 15.0. The van der Waals surface area contributed by atoms with Crippen molar-refractivity contribution >= 4 is 29.2 Å². The first-order valence-corrected chi connectivity index (χ1v) is 10.7. The molecule has 1 amide bonds. The second kappa shape index (κ2) is 7.48. The third-order valence-electron chi connectivity index (χ3n) is 6.84. The minimum atomic E-state index is -1.13. The van der Waals surface area contributed by atoms with Crippen LogP contribution in [0, 0.1) is 17.2 Å². The number of rotatable bonds is 4. The molecule has 6 nitrogen and oxygen atoms in total. The minimum Gasteiger partial charge on any atom is -0.385 e. The molecule has 164 valence electrons. The topological polar surface area (TPSA) is 83.6 Å². The van der Waals surface area contributed by atoms with Gasteiger partial charge in [-0.15, -0.1) is 0 Å². The quantitative estimate of drug-likeness (QED) is 0.754. The lowest BCUT2D eigenvalue weighted by atomic mass is 9.67. The van der Waals surface area contributed by atoms with Crippen molar-refractivity contribution in [2.45, 2.75) is 39.2 Å². The number of nitrogens with one attached hydrogen (secondary N) is 1. The molecule has 31 heavy (non-hydrogen) atoms. The van der Waals surface area contributed by atoms with E-state index < -0.39 is 16.8 Å². The average Bonchev–Trinajstić information content (AvgIpc) is 3.12. The Morgan fingerprint density at radius 3 is 2.77 bits per heavy atom. The van der Waals surface area contributed by atoms with Gasteiger partial charge in [0.2, 0.25) is 5.91 Å². The van der Waals surface area contributed by atoms with Gasteiger partial charge in [-0.2, -0.15) is 0 Å². The molecule has 0 radical (unpaired) electrons. The molecule has 1 aromatic carbocycles. The maximum atomic E-state index is 15.0. The van der Waals surface area contributed by atoms with Crippen LogP contribution < -0.4 is 11.1 Å². The lowest BCUT2D eigenvalue weighted by Gasteiger charge is -2.46. The molecule has 8 heteroatoms. The van der Waals surface area contributed by atoms with Gasteiger partial charge in [-0.05, 0) is 69.4 Å². The van der Waals surface area contributed by atoms with Crippen LogP contribution in [0.25, 0.3) is 0 Å². The molecule has 2 aliphatic rings. The first-order chi connectivity index (χ1) is 14.5. The van der Waals surface area contributed by atoms with Crippen molar-refractivity contribution in [3.63, 3.8) is 0 Å². The maximum Gasteiger partial charge on any atom is 0.237 e. The molecule has 2 aromatic rings. The summed E-state index contributed by atoms with van der Waals surface area (Å²) in [5.41, 5.74) is 7.27. The van der Waals surface area contributed by atoms with Gasteiger partial charge in [-0.1, -0.05) is 11.6 Å². The van der Waals surface area contributed by atoms with E-state index in [0.29, 0.717) is 23.0 Å². The van der Waals surface area contributed by atoms with Crippen LogP contribution >= 0.6 is 11.6 Å². The molecule has 0 saturated heterocycles. The average molecular weight is 444 g/mol. The third kappa shape index (κ3) is 3.55. The zero-order chi connectivity index (χ0) is 22.6. The van der Waals surface area contributed by atoms with Gasteiger partial charge in [-0.25, -0.2) is 9.38 Å². The largest absolute Gasteiger partial charge is 0.385 e. The Morgan fingerprint density at radius 2 is 2.03 bits per heavy atom. The molecule has 1 aliphatic heterocycles. The highest BCUT2D eigenvalue weighted by molar-refractivity contribution is 6.30. The van der Waals surface area contributed by atoms with Crippen LogP contribution in [0.5, 0.6) is 0 Å². The standard InChI is InChI=1S/C23H27ClFN5O/c1-22(2)20(31)30(4)21(26)29-23(22,3)17-10-16(5-6-18(17)25)27-11-13-7-14-9-15(24)12-28-19(14)8-13/h5-6,9-10,12-13,27H,7-8,11H2,1-4H3,(H2,26,29)/t13?,23-/m1/s1. The summed E-state index contributed by atoms with van der Waals surface area (Å²) in [5, 5.41) is 4.07. The lowest BCUT2D eigenvalue weighted by molar-refractivity contribution is -0.140. The van der Waals surface area contributed by atoms with Crippen LogP contribution in [0.1, 0.15) is 37.6 Å². The molecule has 3 N–H and O–H groups in total. The summed E-state index contributed by atoms with van der Waals surface area (Å²) >= 11 is 6.06. The highest BCUT2D eigenvalue weighted by Gasteiger charge is 2.53. The first kappa shape index (κ1) is 21.6. The van der Waals surface area contributed by atoms with Crippen molar-refractivity contribution < 1.29 is 9.18 Å². The number of fused-ring (bicyclic) bond motifs is 1. The maximum absolute atomic E-state index is 15.0. The molecular formula is C23H27ClFN5O. The number of anilines is 1. The van der Waals surface area contributed by atoms with E-state index in [9.17, 15) is 9.18 Å². The van der Waals surface area contributed by atoms with Gasteiger partial charge in [-0.3, -0.25) is 14.7 Å². The molecule has 0 fully saturated rings. The smallest absolute Gasteiger partial charge is 0.237 e. The number of amides is 1. The number of pyridine rings is 1. The van der Waals surface area contributed by atoms with Gasteiger partial charge >= 0.3 is 0 Å². The Labute approximate surface area is 186 Å². The van der Waals surface area contributed by atoms with Crippen LogP contribution in [0.4, 0.5) is 10.1 Å². The Bertz CT molecular complexity index is 1090. The molecule has 0 saturated carbocycles.